The monoisotopic (exact) mass is 403 g/mol. The van der Waals surface area contributed by atoms with Crippen molar-refractivity contribution in [3.63, 3.8) is 0 Å². The van der Waals surface area contributed by atoms with Crippen LogP contribution in [0.3, 0.4) is 0 Å². The minimum atomic E-state index is 0.107. The first kappa shape index (κ1) is 11.1. The Bertz CT molecular complexity index is 171. The summed E-state index contributed by atoms with van der Waals surface area (Å²) in [6.45, 7) is 0. The Morgan fingerprint density at radius 2 is 2.10 bits per heavy atom. The van der Waals surface area contributed by atoms with Crippen LogP contribution in [-0.2, 0) is 16.0 Å². The van der Waals surface area contributed by atoms with E-state index >= 15 is 0 Å². The first-order valence-electron chi connectivity index (χ1n) is 2.48. The van der Waals surface area contributed by atoms with Crippen molar-refractivity contribution in [2.45, 2.75) is 6.42 Å². The average molecular weight is 403 g/mol. The van der Waals surface area contributed by atoms with Gasteiger partial charge in [-0.05, 0) is 0 Å². The van der Waals surface area contributed by atoms with Crippen molar-refractivity contribution >= 4 is 47.0 Å². The minimum absolute atomic E-state index is 0.107. The van der Waals surface area contributed by atoms with Crippen molar-refractivity contribution in [1.29, 1.82) is 0 Å². The molecular weight excluding hydrogens is 398 g/mol. The van der Waals surface area contributed by atoms with Crippen molar-refractivity contribution in [2.75, 3.05) is 0 Å². The summed E-state index contributed by atoms with van der Waals surface area (Å²) in [6.07, 6.45) is 7.21. The van der Waals surface area contributed by atoms with E-state index < -0.39 is 0 Å². The summed E-state index contributed by atoms with van der Waals surface area (Å²) in [5, 5.41) is 0. The molecule has 0 aromatic rings. The molecule has 57 valence electrons. The fourth-order valence-corrected chi connectivity index (χ4v) is 0.652. The van der Waals surface area contributed by atoms with E-state index in [1.165, 1.54) is 4.47 Å². The van der Waals surface area contributed by atoms with Crippen LogP contribution in [0, 0.1) is 0 Å². The molecule has 10 heavy (non-hydrogen) atoms. The van der Waals surface area contributed by atoms with E-state index in [-0.39, 0.29) is 1.80 Å². The molecule has 0 atom stereocenters. The van der Waals surface area contributed by atoms with Gasteiger partial charge < -0.3 is 0 Å². The van der Waals surface area contributed by atoms with Gasteiger partial charge in [0.25, 0.3) is 1.80 Å². The van der Waals surface area contributed by atoms with Gasteiger partial charge in [-0.2, -0.15) is 0 Å². The Morgan fingerprint density at radius 1 is 1.60 bits per heavy atom. The van der Waals surface area contributed by atoms with Crippen LogP contribution in [0.5, 0.6) is 0 Å². The molecule has 1 nitrogen and oxygen atoms in total. The molecule has 1 aliphatic carbocycles. The summed E-state index contributed by atoms with van der Waals surface area (Å²) in [5.41, 5.74) is 0. The van der Waals surface area contributed by atoms with E-state index in [2.05, 4.69) is 22.1 Å². The molecular formula is C6H5FeI2O. The third-order valence-electron chi connectivity index (χ3n) is 0.717. The molecule has 0 aromatic heterocycles. The fourth-order valence-electron chi connectivity index (χ4n) is 0.416. The molecule has 0 spiro atoms. The predicted molar refractivity (Wildman–Crippen MR) is 55.3 cm³/mol. The zero-order valence-corrected chi connectivity index (χ0v) is 10.4. The second-order valence-corrected chi connectivity index (χ2v) is 6.19. The van der Waals surface area contributed by atoms with Gasteiger partial charge in [-0.25, -0.2) is 0 Å². The summed E-state index contributed by atoms with van der Waals surface area (Å²) in [7, 11) is 0. The molecule has 0 N–H and O–H groups in total. The van der Waals surface area contributed by atoms with Crippen LogP contribution in [-0.4, -0.2) is 1.80 Å². The third kappa shape index (κ3) is 9.13. The number of hydrogen-bond donors (Lipinski definition) is 0. The number of halogens is 2. The maximum atomic E-state index is 9.42. The molecule has 0 unspecified atom stereocenters. The Balaban J connectivity index is 0.000000180. The molecule has 0 amide bonds. The summed E-state index contributed by atoms with van der Waals surface area (Å²) in [5.74, 6) is 0. The molecule has 0 aromatic carbocycles. The average Bonchev–Trinajstić information content (AvgIpc) is 2.15. The van der Waals surface area contributed by atoms with Gasteiger partial charge in [-0.3, -0.25) is 4.79 Å². The van der Waals surface area contributed by atoms with E-state index in [9.17, 15) is 4.79 Å². The molecule has 1 aliphatic rings. The standard InChI is InChI=1S/C5H5.CI2O.Fe/c1-2-4-5-3-1;2-1(3)4;/h1-3H,4H2;;. The van der Waals surface area contributed by atoms with E-state index in [0.29, 0.717) is 0 Å². The molecule has 0 heterocycles. The molecule has 0 fully saturated rings. The van der Waals surface area contributed by atoms with Crippen LogP contribution >= 0.6 is 45.2 Å². The van der Waals surface area contributed by atoms with Crippen molar-refractivity contribution < 1.29 is 20.8 Å². The van der Waals surface area contributed by atoms with Gasteiger partial charge in [-0.15, -0.1) is 0 Å². The molecule has 0 bridgehead atoms. The number of allylic oxidation sites excluding steroid dienone is 4. The summed E-state index contributed by atoms with van der Waals surface area (Å²) >= 11 is 7.12. The Kier molecular flexibility index (Phi) is 7.59. The number of carbonyl (C=O) groups is 1. The zero-order chi connectivity index (χ0) is 7.98. The number of carbonyl (C=O) groups excluding carboxylic acids is 1. The van der Waals surface area contributed by atoms with Crippen LogP contribution in [0.4, 0.5) is 4.79 Å². The topological polar surface area (TPSA) is 17.1 Å². The summed E-state index contributed by atoms with van der Waals surface area (Å²) in [6, 6.07) is 0. The third-order valence-corrected chi connectivity index (χ3v) is 1.13. The van der Waals surface area contributed by atoms with Gasteiger partial charge in [0.1, 0.15) is 0 Å². The molecule has 0 aliphatic heterocycles. The van der Waals surface area contributed by atoms with Crippen molar-refractivity contribution in [3.05, 3.63) is 22.7 Å². The summed E-state index contributed by atoms with van der Waals surface area (Å²) in [4.78, 5) is 9.42. The van der Waals surface area contributed by atoms with Crippen molar-refractivity contribution in [1.82, 2.24) is 0 Å². The van der Waals surface area contributed by atoms with Crippen molar-refractivity contribution in [3.8, 4) is 0 Å². The first-order valence-corrected chi connectivity index (χ1v) is 5.19. The molecule has 0 saturated heterocycles. The SMILES string of the molecule is O=C(I)I.[Fe][C]1=CC=CC1. The second-order valence-electron chi connectivity index (χ2n) is 1.46. The van der Waals surface area contributed by atoms with Gasteiger partial charge in [0.05, 0.1) is 0 Å². The second kappa shape index (κ2) is 6.82. The van der Waals surface area contributed by atoms with Gasteiger partial charge in [-0.1, -0.05) is 0 Å². The van der Waals surface area contributed by atoms with Gasteiger partial charge in [0.2, 0.25) is 0 Å². The van der Waals surface area contributed by atoms with Crippen LogP contribution in [0.2, 0.25) is 0 Å². The zero-order valence-electron chi connectivity index (χ0n) is 4.96. The number of hydrogen-bond acceptors (Lipinski definition) is 1. The van der Waals surface area contributed by atoms with Crippen LogP contribution in [0.15, 0.2) is 22.7 Å². The van der Waals surface area contributed by atoms with E-state index in [4.69, 9.17) is 0 Å². The Morgan fingerprint density at radius 3 is 2.20 bits per heavy atom. The van der Waals surface area contributed by atoms with Gasteiger partial charge in [0, 0.05) is 45.2 Å². The quantitative estimate of drug-likeness (QED) is 0.345. The molecule has 1 rings (SSSR count). The normalized spacial score (nSPS) is 13.7. The Labute approximate surface area is 95.8 Å². The van der Waals surface area contributed by atoms with E-state index in [1.54, 1.807) is 45.2 Å². The molecule has 0 saturated carbocycles. The Hall–Kier alpha value is 1.13. The molecule has 0 radical (unpaired) electrons. The van der Waals surface area contributed by atoms with Crippen LogP contribution in [0.1, 0.15) is 6.42 Å². The van der Waals surface area contributed by atoms with Crippen molar-refractivity contribution in [2.24, 2.45) is 0 Å². The van der Waals surface area contributed by atoms with Gasteiger partial charge >= 0.3 is 45.1 Å². The fraction of sp³-hybridized carbons (Fsp3) is 0.167. The predicted octanol–water partition coefficient (Wildman–Crippen LogP) is 3.35. The van der Waals surface area contributed by atoms with Crippen LogP contribution in [0.25, 0.3) is 0 Å². The van der Waals surface area contributed by atoms with Gasteiger partial charge in [0.15, 0.2) is 0 Å². The van der Waals surface area contributed by atoms with E-state index in [1.807, 2.05) is 12.2 Å². The first-order chi connectivity index (χ1) is 4.63. The van der Waals surface area contributed by atoms with Crippen LogP contribution < -0.4 is 0 Å². The molecule has 4 heteroatoms. The summed E-state index contributed by atoms with van der Waals surface area (Å²) < 4.78 is 1.32. The van der Waals surface area contributed by atoms with E-state index in [0.717, 1.165) is 6.42 Å². The maximum absolute atomic E-state index is 9.42. The number of rotatable bonds is 0.